The van der Waals surface area contributed by atoms with Crippen molar-refractivity contribution < 1.29 is 5.11 Å². The average Bonchev–Trinajstić information content (AvgIpc) is 2.39. The van der Waals surface area contributed by atoms with Gasteiger partial charge in [0.2, 0.25) is 0 Å². The Morgan fingerprint density at radius 1 is 0.941 bits per heavy atom. The van der Waals surface area contributed by atoms with Gasteiger partial charge in [-0.05, 0) is 35.4 Å². The van der Waals surface area contributed by atoms with Gasteiger partial charge in [-0.3, -0.25) is 0 Å². The van der Waals surface area contributed by atoms with Crippen LogP contribution in [0.2, 0.25) is 5.02 Å². The fourth-order valence-corrected chi connectivity index (χ4v) is 1.70. The van der Waals surface area contributed by atoms with Crippen LogP contribution in [0.25, 0.3) is 0 Å². The van der Waals surface area contributed by atoms with Gasteiger partial charge in [0, 0.05) is 5.02 Å². The van der Waals surface area contributed by atoms with Crippen LogP contribution in [0.5, 0.6) is 0 Å². The van der Waals surface area contributed by atoms with E-state index in [1.165, 1.54) is 0 Å². The summed E-state index contributed by atoms with van der Waals surface area (Å²) in [7, 11) is 0. The molecule has 17 heavy (non-hydrogen) atoms. The van der Waals surface area contributed by atoms with Gasteiger partial charge in [-0.15, -0.1) is 0 Å². The second-order valence-corrected chi connectivity index (χ2v) is 4.12. The molecule has 0 spiro atoms. The molecule has 0 saturated heterocycles. The molecule has 2 aromatic carbocycles. The molecule has 0 saturated carbocycles. The lowest BCUT2D eigenvalue weighted by Crippen LogP contribution is -1.99. The first-order valence-corrected chi connectivity index (χ1v) is 5.52. The molecule has 0 aliphatic heterocycles. The van der Waals surface area contributed by atoms with E-state index in [4.69, 9.17) is 16.9 Å². The molecule has 0 aliphatic carbocycles. The molecule has 1 N–H and O–H groups in total. The van der Waals surface area contributed by atoms with Gasteiger partial charge in [0.25, 0.3) is 0 Å². The first kappa shape index (κ1) is 11.7. The summed E-state index contributed by atoms with van der Waals surface area (Å²) in [5.41, 5.74) is 2.11. The normalized spacial score (nSPS) is 11.8. The lowest BCUT2D eigenvalue weighted by Gasteiger charge is -2.11. The van der Waals surface area contributed by atoms with Crippen molar-refractivity contribution in [1.29, 1.82) is 5.26 Å². The molecule has 2 nitrogen and oxygen atoms in total. The quantitative estimate of drug-likeness (QED) is 0.880. The molecule has 0 heterocycles. The number of hydrogen-bond donors (Lipinski definition) is 1. The first-order chi connectivity index (χ1) is 8.20. The van der Waals surface area contributed by atoms with Gasteiger partial charge < -0.3 is 5.11 Å². The molecular formula is C14H10ClNO. The number of nitrogens with zero attached hydrogens (tertiary/aromatic N) is 1. The van der Waals surface area contributed by atoms with Crippen LogP contribution in [-0.4, -0.2) is 5.11 Å². The highest BCUT2D eigenvalue weighted by Gasteiger charge is 2.09. The molecule has 0 aliphatic rings. The predicted octanol–water partition coefficient (Wildman–Crippen LogP) is 3.29. The smallest absolute Gasteiger partial charge is 0.104 e. The molecule has 3 heteroatoms. The summed E-state index contributed by atoms with van der Waals surface area (Å²) in [6, 6.07) is 16.0. The van der Waals surface area contributed by atoms with E-state index in [2.05, 4.69) is 0 Å². The zero-order chi connectivity index (χ0) is 12.3. The van der Waals surface area contributed by atoms with Crippen LogP contribution in [0.4, 0.5) is 0 Å². The molecule has 0 amide bonds. The Kier molecular flexibility index (Phi) is 3.43. The van der Waals surface area contributed by atoms with E-state index >= 15 is 0 Å². The van der Waals surface area contributed by atoms with E-state index in [-0.39, 0.29) is 0 Å². The van der Waals surface area contributed by atoms with Crippen LogP contribution < -0.4 is 0 Å². The maximum Gasteiger partial charge on any atom is 0.104 e. The summed E-state index contributed by atoms with van der Waals surface area (Å²) in [4.78, 5) is 0. The van der Waals surface area contributed by atoms with Crippen LogP contribution in [0.3, 0.4) is 0 Å². The molecule has 0 radical (unpaired) electrons. The molecule has 0 fully saturated rings. The summed E-state index contributed by atoms with van der Waals surface area (Å²) in [5, 5.41) is 19.4. The van der Waals surface area contributed by atoms with Gasteiger partial charge >= 0.3 is 0 Å². The van der Waals surface area contributed by atoms with E-state index in [9.17, 15) is 5.11 Å². The lowest BCUT2D eigenvalue weighted by atomic mass is 10.0. The maximum absolute atomic E-state index is 10.1. The molecule has 0 aromatic heterocycles. The van der Waals surface area contributed by atoms with Crippen molar-refractivity contribution in [1.82, 2.24) is 0 Å². The molecule has 84 valence electrons. The van der Waals surface area contributed by atoms with Crippen LogP contribution in [0.15, 0.2) is 48.5 Å². The summed E-state index contributed by atoms with van der Waals surface area (Å²) in [6.07, 6.45) is -0.694. The summed E-state index contributed by atoms with van der Waals surface area (Å²) in [5.74, 6) is 0. The fraction of sp³-hybridized carbons (Fsp3) is 0.0714. The highest BCUT2D eigenvalue weighted by Crippen LogP contribution is 2.23. The summed E-state index contributed by atoms with van der Waals surface area (Å²) >= 11 is 5.78. The fourth-order valence-electron chi connectivity index (χ4n) is 1.58. The average molecular weight is 244 g/mol. The van der Waals surface area contributed by atoms with Gasteiger partial charge in [-0.1, -0.05) is 35.9 Å². The standard InChI is InChI=1S/C14H10ClNO/c15-13-7-5-12(6-8-13)14(17)11-3-1-10(9-16)2-4-11/h1-8,14,17H/t14-/m1/s1. The molecule has 2 rings (SSSR count). The zero-order valence-electron chi connectivity index (χ0n) is 8.97. The topological polar surface area (TPSA) is 44.0 Å². The van der Waals surface area contributed by atoms with E-state index in [1.807, 2.05) is 6.07 Å². The Hall–Kier alpha value is -1.82. The van der Waals surface area contributed by atoms with Crippen molar-refractivity contribution in [3.05, 3.63) is 70.2 Å². The highest BCUT2D eigenvalue weighted by molar-refractivity contribution is 6.30. The van der Waals surface area contributed by atoms with E-state index in [0.717, 1.165) is 11.1 Å². The van der Waals surface area contributed by atoms with Crippen LogP contribution in [0, 0.1) is 11.3 Å². The second kappa shape index (κ2) is 5.01. The van der Waals surface area contributed by atoms with Crippen molar-refractivity contribution in [2.24, 2.45) is 0 Å². The Labute approximate surface area is 105 Å². The van der Waals surface area contributed by atoms with Crippen molar-refractivity contribution in [2.45, 2.75) is 6.10 Å². The molecular weight excluding hydrogens is 234 g/mol. The van der Waals surface area contributed by atoms with Crippen molar-refractivity contribution in [2.75, 3.05) is 0 Å². The SMILES string of the molecule is N#Cc1ccc([C@@H](O)c2ccc(Cl)cc2)cc1. The third-order valence-electron chi connectivity index (χ3n) is 2.54. The van der Waals surface area contributed by atoms with Crippen LogP contribution >= 0.6 is 11.6 Å². The molecule has 0 bridgehead atoms. The number of hydrogen-bond acceptors (Lipinski definition) is 2. The molecule has 2 aromatic rings. The Bertz CT molecular complexity index is 540. The highest BCUT2D eigenvalue weighted by atomic mass is 35.5. The minimum absolute atomic E-state index is 0.581. The second-order valence-electron chi connectivity index (χ2n) is 3.69. The number of aliphatic hydroxyl groups is 1. The van der Waals surface area contributed by atoms with E-state index < -0.39 is 6.10 Å². The van der Waals surface area contributed by atoms with Gasteiger partial charge in [0.05, 0.1) is 11.6 Å². The number of nitriles is 1. The predicted molar refractivity (Wildman–Crippen MR) is 66.7 cm³/mol. The maximum atomic E-state index is 10.1. The van der Waals surface area contributed by atoms with Crippen molar-refractivity contribution >= 4 is 11.6 Å². The molecule has 0 unspecified atom stereocenters. The summed E-state index contributed by atoms with van der Waals surface area (Å²) < 4.78 is 0. The Morgan fingerprint density at radius 2 is 1.41 bits per heavy atom. The van der Waals surface area contributed by atoms with Gasteiger partial charge in [-0.2, -0.15) is 5.26 Å². The third kappa shape index (κ3) is 2.65. The van der Waals surface area contributed by atoms with E-state index in [0.29, 0.717) is 10.6 Å². The number of benzene rings is 2. The Morgan fingerprint density at radius 3 is 1.88 bits per heavy atom. The summed E-state index contributed by atoms with van der Waals surface area (Å²) in [6.45, 7) is 0. The van der Waals surface area contributed by atoms with Gasteiger partial charge in [0.1, 0.15) is 6.10 Å². The number of rotatable bonds is 2. The third-order valence-corrected chi connectivity index (χ3v) is 2.79. The minimum Gasteiger partial charge on any atom is -0.384 e. The van der Waals surface area contributed by atoms with Crippen molar-refractivity contribution in [3.63, 3.8) is 0 Å². The zero-order valence-corrected chi connectivity index (χ0v) is 9.72. The van der Waals surface area contributed by atoms with Crippen molar-refractivity contribution in [3.8, 4) is 6.07 Å². The first-order valence-electron chi connectivity index (χ1n) is 5.14. The Balaban J connectivity index is 2.27. The minimum atomic E-state index is -0.694. The number of aliphatic hydroxyl groups excluding tert-OH is 1. The van der Waals surface area contributed by atoms with Crippen LogP contribution in [-0.2, 0) is 0 Å². The number of halogens is 1. The van der Waals surface area contributed by atoms with Gasteiger partial charge in [-0.25, -0.2) is 0 Å². The van der Waals surface area contributed by atoms with Gasteiger partial charge in [0.15, 0.2) is 0 Å². The van der Waals surface area contributed by atoms with Crippen LogP contribution in [0.1, 0.15) is 22.8 Å². The molecule has 1 atom stereocenters. The monoisotopic (exact) mass is 243 g/mol. The lowest BCUT2D eigenvalue weighted by molar-refractivity contribution is 0.220. The largest absolute Gasteiger partial charge is 0.384 e. The van der Waals surface area contributed by atoms with E-state index in [1.54, 1.807) is 48.5 Å².